The minimum Gasteiger partial charge on any atom is -0.480 e. The van der Waals surface area contributed by atoms with E-state index in [1.807, 2.05) is 0 Å². The highest BCUT2D eigenvalue weighted by molar-refractivity contribution is 5.93. The number of carbonyl (C=O) groups is 4. The van der Waals surface area contributed by atoms with Gasteiger partial charge >= 0.3 is 5.97 Å². The molecule has 7 heteroatoms. The molecule has 20 heavy (non-hydrogen) atoms. The van der Waals surface area contributed by atoms with Crippen LogP contribution in [-0.4, -0.2) is 40.8 Å². The standard InChI is InChI=1S/C13H18N2O5/c16-8-3-1-2-7(6-8)11(13(19)20)15-12(18)9-4-5-10(17)14-9/h7,9,11H,1-6H2,(H,14,17)(H,15,18)(H,19,20)/t7-,9-,11-/m0/s1. The van der Waals surface area contributed by atoms with E-state index < -0.39 is 24.0 Å². The third-order valence-corrected chi connectivity index (χ3v) is 3.87. The molecule has 110 valence electrons. The number of aliphatic carboxylic acids is 1. The van der Waals surface area contributed by atoms with Gasteiger partial charge in [0, 0.05) is 19.3 Å². The first-order valence-electron chi connectivity index (χ1n) is 6.81. The van der Waals surface area contributed by atoms with Crippen LogP contribution in [0.15, 0.2) is 0 Å². The Kier molecular flexibility index (Phi) is 4.36. The van der Waals surface area contributed by atoms with Crippen molar-refractivity contribution >= 4 is 23.6 Å². The maximum Gasteiger partial charge on any atom is 0.326 e. The SMILES string of the molecule is O=C1CCC[C@H]([C@H](NC(=O)[C@@H]2CCC(=O)N2)C(=O)O)C1. The van der Waals surface area contributed by atoms with Gasteiger partial charge in [0.15, 0.2) is 0 Å². The number of carboxylic acid groups (broad SMARTS) is 1. The minimum atomic E-state index is -1.14. The van der Waals surface area contributed by atoms with Crippen molar-refractivity contribution in [3.05, 3.63) is 0 Å². The summed E-state index contributed by atoms with van der Waals surface area (Å²) in [6, 6.07) is -1.73. The van der Waals surface area contributed by atoms with Crippen molar-refractivity contribution in [2.45, 2.75) is 50.6 Å². The van der Waals surface area contributed by atoms with Gasteiger partial charge < -0.3 is 15.7 Å². The average Bonchev–Trinajstić information content (AvgIpc) is 2.82. The molecule has 2 amide bonds. The lowest BCUT2D eigenvalue weighted by Gasteiger charge is -2.28. The van der Waals surface area contributed by atoms with Gasteiger partial charge in [0.05, 0.1) is 0 Å². The molecule has 2 fully saturated rings. The molecule has 2 aliphatic rings. The topological polar surface area (TPSA) is 113 Å². The minimum absolute atomic E-state index is 0.0379. The number of nitrogens with one attached hydrogen (secondary N) is 2. The summed E-state index contributed by atoms with van der Waals surface area (Å²) in [5.74, 6) is -2.15. The van der Waals surface area contributed by atoms with Crippen LogP contribution in [0.2, 0.25) is 0 Å². The van der Waals surface area contributed by atoms with Crippen LogP contribution in [0.5, 0.6) is 0 Å². The average molecular weight is 282 g/mol. The van der Waals surface area contributed by atoms with E-state index in [2.05, 4.69) is 10.6 Å². The fourth-order valence-electron chi connectivity index (χ4n) is 2.79. The zero-order valence-electron chi connectivity index (χ0n) is 11.1. The molecule has 0 aromatic carbocycles. The van der Waals surface area contributed by atoms with Gasteiger partial charge in [-0.3, -0.25) is 14.4 Å². The Morgan fingerprint density at radius 2 is 2.00 bits per heavy atom. The van der Waals surface area contributed by atoms with E-state index in [1.165, 1.54) is 0 Å². The summed E-state index contributed by atoms with van der Waals surface area (Å²) < 4.78 is 0. The summed E-state index contributed by atoms with van der Waals surface area (Å²) in [7, 11) is 0. The Labute approximate surface area is 116 Å². The molecular weight excluding hydrogens is 264 g/mol. The fourth-order valence-corrected chi connectivity index (χ4v) is 2.79. The predicted molar refractivity (Wildman–Crippen MR) is 67.7 cm³/mol. The van der Waals surface area contributed by atoms with Gasteiger partial charge in [0.1, 0.15) is 17.9 Å². The van der Waals surface area contributed by atoms with Gasteiger partial charge in [0.25, 0.3) is 0 Å². The zero-order chi connectivity index (χ0) is 14.7. The number of hydrogen-bond acceptors (Lipinski definition) is 4. The first-order valence-corrected chi connectivity index (χ1v) is 6.81. The molecule has 1 aliphatic carbocycles. The molecule has 1 saturated heterocycles. The molecule has 2 rings (SSSR count). The second kappa shape index (κ2) is 6.02. The van der Waals surface area contributed by atoms with Crippen LogP contribution < -0.4 is 10.6 Å². The molecule has 0 unspecified atom stereocenters. The first kappa shape index (κ1) is 14.5. The van der Waals surface area contributed by atoms with Crippen molar-refractivity contribution in [1.29, 1.82) is 0 Å². The Bertz CT molecular complexity index is 448. The molecule has 3 atom stereocenters. The number of ketones is 1. The van der Waals surface area contributed by atoms with Gasteiger partial charge in [0.2, 0.25) is 11.8 Å². The number of carboxylic acids is 1. The fraction of sp³-hybridized carbons (Fsp3) is 0.692. The molecule has 0 spiro atoms. The number of Topliss-reactive ketones (excluding diaryl/α,β-unsaturated/α-hetero) is 1. The number of amides is 2. The number of hydrogen-bond donors (Lipinski definition) is 3. The molecule has 0 aromatic rings. The Morgan fingerprint density at radius 1 is 1.25 bits per heavy atom. The highest BCUT2D eigenvalue weighted by atomic mass is 16.4. The maximum absolute atomic E-state index is 12.0. The number of carbonyl (C=O) groups excluding carboxylic acids is 3. The molecule has 0 bridgehead atoms. The smallest absolute Gasteiger partial charge is 0.326 e. The molecule has 7 nitrogen and oxygen atoms in total. The summed E-state index contributed by atoms with van der Waals surface area (Å²) in [6.45, 7) is 0. The molecule has 0 aromatic heterocycles. The van der Waals surface area contributed by atoms with E-state index in [-0.39, 0.29) is 30.4 Å². The summed E-state index contributed by atoms with van der Waals surface area (Å²) in [6.07, 6.45) is 2.59. The highest BCUT2D eigenvalue weighted by Crippen LogP contribution is 2.25. The molecule has 0 radical (unpaired) electrons. The Morgan fingerprint density at radius 3 is 2.55 bits per heavy atom. The van der Waals surface area contributed by atoms with E-state index in [1.54, 1.807) is 0 Å². The quantitative estimate of drug-likeness (QED) is 0.649. The van der Waals surface area contributed by atoms with Crippen LogP contribution in [0, 0.1) is 5.92 Å². The van der Waals surface area contributed by atoms with Gasteiger partial charge in [-0.15, -0.1) is 0 Å². The predicted octanol–water partition coefficient (Wildman–Crippen LogP) is -0.406. The van der Waals surface area contributed by atoms with Crippen LogP contribution in [-0.2, 0) is 19.2 Å². The lowest BCUT2D eigenvalue weighted by molar-refractivity contribution is -0.144. The van der Waals surface area contributed by atoms with Crippen molar-refractivity contribution in [2.75, 3.05) is 0 Å². The molecular formula is C13H18N2O5. The second-order valence-electron chi connectivity index (χ2n) is 5.38. The lowest BCUT2D eigenvalue weighted by Crippen LogP contribution is -2.52. The van der Waals surface area contributed by atoms with Gasteiger partial charge in [-0.25, -0.2) is 4.79 Å². The summed E-state index contributed by atoms with van der Waals surface area (Å²) in [4.78, 5) is 45.8. The first-order chi connectivity index (χ1) is 9.47. The highest BCUT2D eigenvalue weighted by Gasteiger charge is 2.36. The zero-order valence-corrected chi connectivity index (χ0v) is 11.1. The summed E-state index contributed by atoms with van der Waals surface area (Å²) >= 11 is 0. The van der Waals surface area contributed by atoms with Gasteiger partial charge in [-0.05, 0) is 25.2 Å². The van der Waals surface area contributed by atoms with E-state index >= 15 is 0 Å². The van der Waals surface area contributed by atoms with E-state index in [4.69, 9.17) is 0 Å². The van der Waals surface area contributed by atoms with Crippen LogP contribution in [0.1, 0.15) is 38.5 Å². The maximum atomic E-state index is 12.0. The Balaban J connectivity index is 1.98. The van der Waals surface area contributed by atoms with E-state index in [0.717, 1.165) is 0 Å². The van der Waals surface area contributed by atoms with Gasteiger partial charge in [-0.1, -0.05) is 0 Å². The van der Waals surface area contributed by atoms with Crippen molar-refractivity contribution < 1.29 is 24.3 Å². The molecule has 3 N–H and O–H groups in total. The monoisotopic (exact) mass is 282 g/mol. The molecule has 1 saturated carbocycles. The van der Waals surface area contributed by atoms with Crippen LogP contribution >= 0.6 is 0 Å². The molecule has 1 heterocycles. The summed E-state index contributed by atoms with van der Waals surface area (Å²) in [5.41, 5.74) is 0. The van der Waals surface area contributed by atoms with Crippen molar-refractivity contribution in [2.24, 2.45) is 5.92 Å². The van der Waals surface area contributed by atoms with Crippen LogP contribution in [0.4, 0.5) is 0 Å². The third kappa shape index (κ3) is 3.34. The van der Waals surface area contributed by atoms with Crippen molar-refractivity contribution in [3.8, 4) is 0 Å². The summed E-state index contributed by atoms with van der Waals surface area (Å²) in [5, 5.41) is 14.2. The molecule has 1 aliphatic heterocycles. The van der Waals surface area contributed by atoms with Crippen molar-refractivity contribution in [3.63, 3.8) is 0 Å². The Hall–Kier alpha value is -1.92. The van der Waals surface area contributed by atoms with E-state index in [0.29, 0.717) is 25.7 Å². The second-order valence-corrected chi connectivity index (χ2v) is 5.38. The van der Waals surface area contributed by atoms with Crippen LogP contribution in [0.3, 0.4) is 0 Å². The van der Waals surface area contributed by atoms with Crippen LogP contribution in [0.25, 0.3) is 0 Å². The lowest BCUT2D eigenvalue weighted by atomic mass is 9.83. The largest absolute Gasteiger partial charge is 0.480 e. The normalized spacial score (nSPS) is 27.8. The van der Waals surface area contributed by atoms with Crippen molar-refractivity contribution in [1.82, 2.24) is 10.6 Å². The van der Waals surface area contributed by atoms with E-state index in [9.17, 15) is 24.3 Å². The van der Waals surface area contributed by atoms with Gasteiger partial charge in [-0.2, -0.15) is 0 Å². The third-order valence-electron chi connectivity index (χ3n) is 3.87. The number of rotatable bonds is 4.